The number of carboxylic acid groups (broad SMARTS) is 1. The first-order chi connectivity index (χ1) is 5.91. The van der Waals surface area contributed by atoms with Crippen molar-refractivity contribution in [1.82, 2.24) is 0 Å². The Balaban J connectivity index is 0. The van der Waals surface area contributed by atoms with E-state index in [1.807, 2.05) is 0 Å². The molecule has 0 unspecified atom stereocenters. The number of aliphatic hydroxyl groups excluding tert-OH is 4. The molecule has 0 aromatic heterocycles. The predicted molar refractivity (Wildman–Crippen MR) is 35.1 cm³/mol. The van der Waals surface area contributed by atoms with E-state index in [9.17, 15) is 14.7 Å². The van der Waals surface area contributed by atoms with Gasteiger partial charge in [-0.2, -0.15) is 0 Å². The number of aliphatic hydroxyl groups is 4. The number of carboxylic acids is 1. The summed E-state index contributed by atoms with van der Waals surface area (Å²) >= 11 is 0. The number of carbonyl (C=O) groups excluding carboxylic acids is 2. The molecule has 4 N–H and O–H groups in total. The summed E-state index contributed by atoms with van der Waals surface area (Å²) in [6.45, 7) is -0.904. The molecule has 0 amide bonds. The summed E-state index contributed by atoms with van der Waals surface area (Å²) in [6.07, 6.45) is -6.12. The van der Waals surface area contributed by atoms with Crippen LogP contribution in [-0.4, -0.2) is 57.1 Å². The minimum Gasteiger partial charge on any atom is -0.542 e. The van der Waals surface area contributed by atoms with E-state index in [0.29, 0.717) is 0 Å². The molecule has 0 spiro atoms. The van der Waals surface area contributed by atoms with Gasteiger partial charge in [0.2, 0.25) is 5.78 Å². The fraction of sp³-hybridized carbons (Fsp3) is 0.667. The number of hydrogen-bond donors (Lipinski definition) is 4. The Hall–Kier alpha value is -0.0200. The zero-order valence-electron chi connectivity index (χ0n) is 7.45. The molecule has 7 nitrogen and oxygen atoms in total. The summed E-state index contributed by atoms with van der Waals surface area (Å²) in [5.74, 6) is -3.92. The Bertz CT molecular complexity index is 206. The molecule has 0 aromatic rings. The standard InChI is InChI=1S/C6H10O7.Na/c7-1-2(8)3(9)4(10)5(11)6(12)13;/h2-4,7-10H,1H2,(H,12,13);/q;+1/p-1/t2-,3+,4-;/m0./s1. The predicted octanol–water partition coefficient (Wildman–Crippen LogP) is -7.62. The monoisotopic (exact) mass is 216 g/mol. The maximum Gasteiger partial charge on any atom is 1.00 e. The van der Waals surface area contributed by atoms with Crippen molar-refractivity contribution in [1.29, 1.82) is 0 Å². The first-order valence-corrected chi connectivity index (χ1v) is 3.32. The minimum atomic E-state index is -2.30. The molecule has 3 atom stereocenters. The normalized spacial score (nSPS) is 16.3. The van der Waals surface area contributed by atoms with E-state index < -0.39 is 36.7 Å². The van der Waals surface area contributed by atoms with Gasteiger partial charge in [-0.05, 0) is 0 Å². The topological polar surface area (TPSA) is 138 Å². The molecule has 0 bridgehead atoms. The van der Waals surface area contributed by atoms with Crippen LogP contribution in [0.1, 0.15) is 0 Å². The summed E-state index contributed by atoms with van der Waals surface area (Å²) in [4.78, 5) is 20.3. The van der Waals surface area contributed by atoms with Crippen molar-refractivity contribution in [2.75, 3.05) is 6.61 Å². The summed E-state index contributed by atoms with van der Waals surface area (Å²) < 4.78 is 0. The van der Waals surface area contributed by atoms with Crippen molar-refractivity contribution < 1.29 is 64.7 Å². The van der Waals surface area contributed by atoms with Crippen LogP contribution in [0, 0.1) is 0 Å². The van der Waals surface area contributed by atoms with Crippen LogP contribution in [0.4, 0.5) is 0 Å². The molecule has 14 heavy (non-hydrogen) atoms. The molecular weight excluding hydrogens is 207 g/mol. The average Bonchev–Trinajstić information content (AvgIpc) is 2.12. The van der Waals surface area contributed by atoms with Crippen molar-refractivity contribution in [3.05, 3.63) is 0 Å². The van der Waals surface area contributed by atoms with Gasteiger partial charge in [-0.25, -0.2) is 0 Å². The Labute approximate surface area is 101 Å². The van der Waals surface area contributed by atoms with Crippen LogP contribution >= 0.6 is 0 Å². The maximum absolute atomic E-state index is 10.4. The van der Waals surface area contributed by atoms with Crippen LogP contribution in [0.15, 0.2) is 0 Å². The van der Waals surface area contributed by atoms with Crippen LogP contribution < -0.4 is 34.7 Å². The van der Waals surface area contributed by atoms with E-state index in [4.69, 9.17) is 20.4 Å². The van der Waals surface area contributed by atoms with Gasteiger partial charge in [-0.3, -0.25) is 4.79 Å². The number of rotatable bonds is 5. The SMILES string of the molecule is O=C([O-])C(=O)[C@@H](O)[C@H](O)[C@@H](O)CO.[Na+]. The van der Waals surface area contributed by atoms with Gasteiger partial charge < -0.3 is 30.3 Å². The van der Waals surface area contributed by atoms with Crippen molar-refractivity contribution in [3.63, 3.8) is 0 Å². The second-order valence-corrected chi connectivity index (χ2v) is 2.34. The molecule has 0 aliphatic heterocycles. The van der Waals surface area contributed by atoms with Gasteiger partial charge in [0, 0.05) is 0 Å². The molecule has 0 saturated heterocycles. The van der Waals surface area contributed by atoms with Crippen molar-refractivity contribution in [2.45, 2.75) is 18.3 Å². The van der Waals surface area contributed by atoms with Crippen molar-refractivity contribution in [2.24, 2.45) is 0 Å². The Morgan fingerprint density at radius 3 is 1.93 bits per heavy atom. The van der Waals surface area contributed by atoms with E-state index in [0.717, 1.165) is 0 Å². The molecule has 0 heterocycles. The Morgan fingerprint density at radius 2 is 1.64 bits per heavy atom. The van der Waals surface area contributed by atoms with Gasteiger partial charge in [0.15, 0.2) is 0 Å². The number of carbonyl (C=O) groups is 2. The number of aliphatic carboxylic acids is 1. The second-order valence-electron chi connectivity index (χ2n) is 2.34. The summed E-state index contributed by atoms with van der Waals surface area (Å²) in [5.41, 5.74) is 0. The van der Waals surface area contributed by atoms with Crippen LogP contribution in [-0.2, 0) is 9.59 Å². The zero-order chi connectivity index (χ0) is 10.6. The molecule has 76 valence electrons. The largest absolute Gasteiger partial charge is 1.00 e. The summed E-state index contributed by atoms with van der Waals surface area (Å²) in [7, 11) is 0. The van der Waals surface area contributed by atoms with Gasteiger partial charge in [-0.1, -0.05) is 0 Å². The molecule has 0 rings (SSSR count). The zero-order valence-corrected chi connectivity index (χ0v) is 9.45. The summed E-state index contributed by atoms with van der Waals surface area (Å²) in [5, 5.41) is 44.5. The number of hydrogen-bond acceptors (Lipinski definition) is 7. The fourth-order valence-electron chi connectivity index (χ4n) is 0.594. The van der Waals surface area contributed by atoms with Gasteiger partial charge in [0.25, 0.3) is 0 Å². The third-order valence-electron chi connectivity index (χ3n) is 1.37. The second kappa shape index (κ2) is 7.30. The van der Waals surface area contributed by atoms with Crippen LogP contribution in [0.3, 0.4) is 0 Å². The van der Waals surface area contributed by atoms with Gasteiger partial charge in [0.05, 0.1) is 6.61 Å². The minimum absolute atomic E-state index is 0. The van der Waals surface area contributed by atoms with E-state index >= 15 is 0 Å². The molecule has 0 fully saturated rings. The maximum atomic E-state index is 10.4. The Kier molecular flexibility index (Phi) is 8.55. The third-order valence-corrected chi connectivity index (χ3v) is 1.37. The molecule has 0 aromatic carbocycles. The van der Waals surface area contributed by atoms with E-state index in [2.05, 4.69) is 0 Å². The van der Waals surface area contributed by atoms with Crippen LogP contribution in [0.25, 0.3) is 0 Å². The van der Waals surface area contributed by atoms with Gasteiger partial charge >= 0.3 is 29.6 Å². The molecule has 8 heteroatoms. The van der Waals surface area contributed by atoms with E-state index in [1.54, 1.807) is 0 Å². The van der Waals surface area contributed by atoms with Crippen molar-refractivity contribution in [3.8, 4) is 0 Å². The number of ketones is 1. The molecule has 0 aliphatic carbocycles. The van der Waals surface area contributed by atoms with Gasteiger partial charge in [0.1, 0.15) is 24.3 Å². The van der Waals surface area contributed by atoms with E-state index in [-0.39, 0.29) is 29.6 Å². The molecular formula is C6H9NaO7. The van der Waals surface area contributed by atoms with Gasteiger partial charge in [-0.15, -0.1) is 0 Å². The first-order valence-electron chi connectivity index (χ1n) is 3.32. The van der Waals surface area contributed by atoms with Crippen LogP contribution in [0.5, 0.6) is 0 Å². The molecule has 0 saturated carbocycles. The van der Waals surface area contributed by atoms with Crippen LogP contribution in [0.2, 0.25) is 0 Å². The quantitative estimate of drug-likeness (QED) is 0.264. The number of Topliss-reactive ketones (excluding diaryl/α,β-unsaturated/α-hetero) is 1. The first kappa shape index (κ1) is 16.4. The third kappa shape index (κ3) is 4.47. The smallest absolute Gasteiger partial charge is 0.542 e. The van der Waals surface area contributed by atoms with E-state index in [1.165, 1.54) is 0 Å². The Morgan fingerprint density at radius 1 is 1.21 bits per heavy atom. The molecule has 0 aliphatic rings. The van der Waals surface area contributed by atoms with Crippen molar-refractivity contribution >= 4 is 11.8 Å². The fourth-order valence-corrected chi connectivity index (χ4v) is 0.594. The average molecular weight is 216 g/mol. The summed E-state index contributed by atoms with van der Waals surface area (Å²) in [6, 6.07) is 0. The molecule has 0 radical (unpaired) electrons.